The number of carboxylic acid groups (broad SMARTS) is 1. The Balaban J connectivity index is 2.52. The zero-order valence-electron chi connectivity index (χ0n) is 7.18. The first-order valence-electron chi connectivity index (χ1n) is 3.82. The molecule has 0 aliphatic rings. The maximum atomic E-state index is 10.1. The first-order valence-corrected chi connectivity index (χ1v) is 4.19. The van der Waals surface area contributed by atoms with E-state index in [9.17, 15) is 4.79 Å². The smallest absolute Gasteiger partial charge is 0.344 e. The summed E-state index contributed by atoms with van der Waals surface area (Å²) in [5.41, 5.74) is 0.680. The highest BCUT2D eigenvalue weighted by molar-refractivity contribution is 6.33. The van der Waals surface area contributed by atoms with E-state index in [0.29, 0.717) is 10.6 Å². The van der Waals surface area contributed by atoms with E-state index in [-0.39, 0.29) is 0 Å². The van der Waals surface area contributed by atoms with Gasteiger partial charge in [-0.3, -0.25) is 0 Å². The van der Waals surface area contributed by atoms with E-state index in [0.717, 1.165) is 0 Å². The molecule has 0 saturated heterocycles. The highest BCUT2D eigenvalue weighted by atomic mass is 35.5. The molecule has 0 aliphatic heterocycles. The molecule has 0 spiro atoms. The van der Waals surface area contributed by atoms with Crippen molar-refractivity contribution in [3.8, 4) is 0 Å². The zero-order valence-corrected chi connectivity index (χ0v) is 7.94. The number of carboxylic acids is 1. The Bertz CT molecular complexity index is 352. The van der Waals surface area contributed by atoms with Crippen LogP contribution in [0.15, 0.2) is 29.4 Å². The quantitative estimate of drug-likeness (QED) is 0.613. The van der Waals surface area contributed by atoms with Crippen molar-refractivity contribution in [3.05, 3.63) is 34.9 Å². The van der Waals surface area contributed by atoms with Gasteiger partial charge in [-0.25, -0.2) is 4.79 Å². The molecule has 0 bridgehead atoms. The summed E-state index contributed by atoms with van der Waals surface area (Å²) in [6.45, 7) is -0.457. The minimum absolute atomic E-state index is 0.457. The molecule has 0 saturated carbocycles. The Morgan fingerprint density at radius 2 is 2.29 bits per heavy atom. The summed E-state index contributed by atoms with van der Waals surface area (Å²) in [5, 5.41) is 12.2. The van der Waals surface area contributed by atoms with Gasteiger partial charge in [-0.15, -0.1) is 0 Å². The molecule has 4 nitrogen and oxygen atoms in total. The van der Waals surface area contributed by atoms with Gasteiger partial charge in [0.1, 0.15) is 0 Å². The molecular weight excluding hydrogens is 206 g/mol. The number of benzene rings is 1. The molecule has 5 heteroatoms. The third kappa shape index (κ3) is 3.45. The Morgan fingerprint density at radius 3 is 2.93 bits per heavy atom. The standard InChI is InChI=1S/C9H8ClNO3/c10-8-4-2-1-3-7(8)5-11-14-6-9(12)13/h1-5H,6H2,(H,12,13)/b11-5-. The van der Waals surface area contributed by atoms with Crippen molar-refractivity contribution >= 4 is 23.8 Å². The van der Waals surface area contributed by atoms with Crippen molar-refractivity contribution in [2.45, 2.75) is 0 Å². The van der Waals surface area contributed by atoms with Crippen LogP contribution in [0.25, 0.3) is 0 Å². The fourth-order valence-electron chi connectivity index (χ4n) is 0.766. The zero-order chi connectivity index (χ0) is 10.4. The number of rotatable bonds is 4. The Kier molecular flexibility index (Phi) is 3.94. The molecule has 0 fully saturated rings. The lowest BCUT2D eigenvalue weighted by Crippen LogP contribution is -2.03. The van der Waals surface area contributed by atoms with Crippen LogP contribution in [0.4, 0.5) is 0 Å². The van der Waals surface area contributed by atoms with Gasteiger partial charge in [0.05, 0.1) is 6.21 Å². The van der Waals surface area contributed by atoms with Gasteiger partial charge >= 0.3 is 5.97 Å². The number of carbonyl (C=O) groups is 1. The molecule has 74 valence electrons. The highest BCUT2D eigenvalue weighted by Gasteiger charge is 1.96. The molecule has 1 aromatic rings. The van der Waals surface area contributed by atoms with E-state index in [4.69, 9.17) is 16.7 Å². The molecule has 0 radical (unpaired) electrons. The molecule has 0 amide bonds. The Hall–Kier alpha value is -1.55. The number of aliphatic carboxylic acids is 1. The predicted octanol–water partition coefficient (Wildman–Crippen LogP) is 1.78. The largest absolute Gasteiger partial charge is 0.479 e. The first kappa shape index (κ1) is 10.5. The van der Waals surface area contributed by atoms with E-state index < -0.39 is 12.6 Å². The average Bonchev–Trinajstić information content (AvgIpc) is 2.15. The van der Waals surface area contributed by atoms with Gasteiger partial charge in [-0.2, -0.15) is 0 Å². The van der Waals surface area contributed by atoms with Crippen LogP contribution in [0.3, 0.4) is 0 Å². The maximum Gasteiger partial charge on any atom is 0.344 e. The summed E-state index contributed by atoms with van der Waals surface area (Å²) in [6, 6.07) is 7.04. The van der Waals surface area contributed by atoms with Crippen molar-refractivity contribution in [1.29, 1.82) is 0 Å². The summed E-state index contributed by atoms with van der Waals surface area (Å²) in [6.07, 6.45) is 1.37. The van der Waals surface area contributed by atoms with E-state index in [2.05, 4.69) is 9.99 Å². The van der Waals surface area contributed by atoms with Gasteiger partial charge in [0.2, 0.25) is 6.61 Å². The third-order valence-electron chi connectivity index (χ3n) is 1.36. The molecule has 0 unspecified atom stereocenters. The summed E-state index contributed by atoms with van der Waals surface area (Å²) in [5.74, 6) is -1.07. The second kappa shape index (κ2) is 5.24. The van der Waals surface area contributed by atoms with Crippen molar-refractivity contribution < 1.29 is 14.7 Å². The molecule has 0 aliphatic carbocycles. The van der Waals surface area contributed by atoms with Gasteiger partial charge < -0.3 is 9.94 Å². The normalized spacial score (nSPS) is 10.4. The van der Waals surface area contributed by atoms with Gasteiger partial charge in [0, 0.05) is 10.6 Å². The Morgan fingerprint density at radius 1 is 1.57 bits per heavy atom. The minimum atomic E-state index is -1.07. The summed E-state index contributed by atoms with van der Waals surface area (Å²) >= 11 is 5.80. The molecule has 0 atom stereocenters. The van der Waals surface area contributed by atoms with Crippen LogP contribution in [0.5, 0.6) is 0 Å². The average molecular weight is 214 g/mol. The van der Waals surface area contributed by atoms with Crippen LogP contribution in [-0.4, -0.2) is 23.9 Å². The molecule has 0 aromatic heterocycles. The lowest BCUT2D eigenvalue weighted by Gasteiger charge is -1.95. The van der Waals surface area contributed by atoms with Crippen LogP contribution in [-0.2, 0) is 9.63 Å². The van der Waals surface area contributed by atoms with Crippen molar-refractivity contribution in [2.75, 3.05) is 6.61 Å². The van der Waals surface area contributed by atoms with Crippen molar-refractivity contribution in [3.63, 3.8) is 0 Å². The lowest BCUT2D eigenvalue weighted by molar-refractivity contribution is -0.142. The number of halogens is 1. The monoisotopic (exact) mass is 213 g/mol. The van der Waals surface area contributed by atoms with E-state index >= 15 is 0 Å². The number of hydrogen-bond donors (Lipinski definition) is 1. The lowest BCUT2D eigenvalue weighted by atomic mass is 10.2. The number of oxime groups is 1. The van der Waals surface area contributed by atoms with Crippen molar-refractivity contribution in [2.24, 2.45) is 5.16 Å². The summed E-state index contributed by atoms with van der Waals surface area (Å²) < 4.78 is 0. The molecule has 1 N–H and O–H groups in total. The molecular formula is C9H8ClNO3. The molecule has 1 aromatic carbocycles. The van der Waals surface area contributed by atoms with Crippen LogP contribution in [0, 0.1) is 0 Å². The fraction of sp³-hybridized carbons (Fsp3) is 0.111. The highest BCUT2D eigenvalue weighted by Crippen LogP contribution is 2.12. The second-order valence-electron chi connectivity index (χ2n) is 2.42. The second-order valence-corrected chi connectivity index (χ2v) is 2.83. The summed E-state index contributed by atoms with van der Waals surface area (Å²) in [7, 11) is 0. The van der Waals surface area contributed by atoms with Gasteiger partial charge in [0.25, 0.3) is 0 Å². The SMILES string of the molecule is O=C(O)CO/N=C\c1ccccc1Cl. The van der Waals surface area contributed by atoms with Gasteiger partial charge in [-0.05, 0) is 6.07 Å². The van der Waals surface area contributed by atoms with Gasteiger partial charge in [0.15, 0.2) is 0 Å². The van der Waals surface area contributed by atoms with E-state index in [1.165, 1.54) is 6.21 Å². The first-order chi connectivity index (χ1) is 6.70. The molecule has 0 heterocycles. The molecule has 14 heavy (non-hydrogen) atoms. The predicted molar refractivity (Wildman–Crippen MR) is 52.6 cm³/mol. The Labute approximate surface area is 85.7 Å². The topological polar surface area (TPSA) is 58.9 Å². The fourth-order valence-corrected chi connectivity index (χ4v) is 0.951. The van der Waals surface area contributed by atoms with Crippen LogP contribution < -0.4 is 0 Å². The van der Waals surface area contributed by atoms with Gasteiger partial charge in [-0.1, -0.05) is 35.0 Å². The number of hydrogen-bond acceptors (Lipinski definition) is 3. The van der Waals surface area contributed by atoms with E-state index in [1.54, 1.807) is 24.3 Å². The maximum absolute atomic E-state index is 10.1. The van der Waals surface area contributed by atoms with Crippen LogP contribution in [0.1, 0.15) is 5.56 Å². The third-order valence-corrected chi connectivity index (χ3v) is 1.70. The number of nitrogens with zero attached hydrogens (tertiary/aromatic N) is 1. The van der Waals surface area contributed by atoms with Crippen molar-refractivity contribution in [1.82, 2.24) is 0 Å². The minimum Gasteiger partial charge on any atom is -0.479 e. The van der Waals surface area contributed by atoms with E-state index in [1.807, 2.05) is 0 Å². The molecule has 1 rings (SSSR count). The van der Waals surface area contributed by atoms with Crippen LogP contribution in [0.2, 0.25) is 5.02 Å². The summed E-state index contributed by atoms with van der Waals surface area (Å²) in [4.78, 5) is 14.5. The van der Waals surface area contributed by atoms with Crippen LogP contribution >= 0.6 is 11.6 Å².